The molecule has 5 nitrogen and oxygen atoms in total. The van der Waals surface area contributed by atoms with Crippen LogP contribution in [0.15, 0.2) is 47.6 Å². The average Bonchev–Trinajstić information content (AvgIpc) is 2.46. The third-order valence-electron chi connectivity index (χ3n) is 3.32. The molecule has 0 aliphatic heterocycles. The van der Waals surface area contributed by atoms with Gasteiger partial charge < -0.3 is 16.3 Å². The molecule has 0 saturated carbocycles. The average molecular weight is 271 g/mol. The Kier molecular flexibility index (Phi) is 3.61. The first-order chi connectivity index (χ1) is 9.45. The summed E-state index contributed by atoms with van der Waals surface area (Å²) in [7, 11) is 0. The second kappa shape index (κ2) is 5.21. The van der Waals surface area contributed by atoms with Gasteiger partial charge in [0.2, 0.25) is 5.91 Å². The summed E-state index contributed by atoms with van der Waals surface area (Å²) in [5.41, 5.74) is 5.13. The van der Waals surface area contributed by atoms with E-state index in [4.69, 9.17) is 10.9 Å². The van der Waals surface area contributed by atoms with Crippen molar-refractivity contribution < 1.29 is 10.0 Å². The first-order valence-corrected chi connectivity index (χ1v) is 6.23. The Morgan fingerprint density at radius 2 is 1.85 bits per heavy atom. The number of fused-ring (bicyclic) bond motifs is 1. The number of nitrogens with zero attached hydrogens (tertiary/aromatic N) is 1. The lowest BCUT2D eigenvalue weighted by Crippen LogP contribution is -2.42. The number of carbonyl (C=O) groups excluding carboxylic acids is 1. The van der Waals surface area contributed by atoms with Gasteiger partial charge in [-0.2, -0.15) is 0 Å². The van der Waals surface area contributed by atoms with Crippen molar-refractivity contribution in [3.05, 3.63) is 42.5 Å². The maximum absolute atomic E-state index is 12.2. The summed E-state index contributed by atoms with van der Waals surface area (Å²) in [5.74, 6) is -0.459. The molecule has 2 rings (SSSR count). The molecule has 0 heterocycles. The zero-order valence-corrected chi connectivity index (χ0v) is 11.4. The fraction of sp³-hybridized carbons (Fsp3) is 0.200. The highest BCUT2D eigenvalue weighted by atomic mass is 16.4. The predicted octanol–water partition coefficient (Wildman–Crippen LogP) is 2.55. The van der Waals surface area contributed by atoms with Crippen LogP contribution in [0.1, 0.15) is 13.8 Å². The van der Waals surface area contributed by atoms with Crippen LogP contribution in [0.5, 0.6) is 0 Å². The Hall–Kier alpha value is -2.56. The van der Waals surface area contributed by atoms with Crippen LogP contribution in [-0.2, 0) is 4.79 Å². The van der Waals surface area contributed by atoms with E-state index >= 15 is 0 Å². The van der Waals surface area contributed by atoms with Gasteiger partial charge in [0.05, 0.1) is 0 Å². The Morgan fingerprint density at radius 3 is 2.50 bits per heavy atom. The van der Waals surface area contributed by atoms with Crippen LogP contribution in [0, 0.1) is 5.41 Å². The molecular weight excluding hydrogens is 254 g/mol. The van der Waals surface area contributed by atoms with E-state index in [9.17, 15) is 4.79 Å². The number of amidine groups is 1. The Labute approximate surface area is 117 Å². The molecule has 0 aliphatic carbocycles. The lowest BCUT2D eigenvalue weighted by atomic mass is 9.91. The van der Waals surface area contributed by atoms with Crippen molar-refractivity contribution in [2.45, 2.75) is 13.8 Å². The number of oxime groups is 1. The minimum Gasteiger partial charge on any atom is -0.409 e. The Bertz CT molecular complexity index is 678. The second-order valence-electron chi connectivity index (χ2n) is 5.13. The van der Waals surface area contributed by atoms with Gasteiger partial charge in [-0.15, -0.1) is 0 Å². The van der Waals surface area contributed by atoms with Gasteiger partial charge in [-0.05, 0) is 36.8 Å². The molecule has 0 bridgehead atoms. The number of anilines is 1. The predicted molar refractivity (Wildman–Crippen MR) is 79.8 cm³/mol. The van der Waals surface area contributed by atoms with E-state index in [1.807, 2.05) is 42.5 Å². The fourth-order valence-corrected chi connectivity index (χ4v) is 1.80. The number of carbonyl (C=O) groups is 1. The zero-order chi connectivity index (χ0) is 14.8. The van der Waals surface area contributed by atoms with Gasteiger partial charge >= 0.3 is 0 Å². The van der Waals surface area contributed by atoms with E-state index in [1.54, 1.807) is 13.8 Å². The molecule has 104 valence electrons. The maximum Gasteiger partial charge on any atom is 0.237 e. The molecular formula is C15H17N3O2. The quantitative estimate of drug-likeness (QED) is 0.347. The molecule has 5 heteroatoms. The van der Waals surface area contributed by atoms with E-state index in [2.05, 4.69) is 10.5 Å². The third kappa shape index (κ3) is 2.56. The van der Waals surface area contributed by atoms with E-state index in [0.29, 0.717) is 5.69 Å². The molecule has 0 aromatic heterocycles. The first-order valence-electron chi connectivity index (χ1n) is 6.23. The molecule has 0 unspecified atom stereocenters. The summed E-state index contributed by atoms with van der Waals surface area (Å²) in [5, 5.41) is 16.5. The maximum atomic E-state index is 12.2. The van der Waals surface area contributed by atoms with E-state index < -0.39 is 5.41 Å². The van der Waals surface area contributed by atoms with Crippen molar-refractivity contribution in [1.29, 1.82) is 0 Å². The Balaban J connectivity index is 2.26. The van der Waals surface area contributed by atoms with Crippen LogP contribution in [0.3, 0.4) is 0 Å². The largest absolute Gasteiger partial charge is 0.409 e. The van der Waals surface area contributed by atoms with Crippen molar-refractivity contribution in [2.75, 3.05) is 5.32 Å². The molecule has 0 atom stereocenters. The zero-order valence-electron chi connectivity index (χ0n) is 11.4. The molecule has 2 aromatic carbocycles. The van der Waals surface area contributed by atoms with Gasteiger partial charge in [0.25, 0.3) is 0 Å². The first kappa shape index (κ1) is 13.9. The second-order valence-corrected chi connectivity index (χ2v) is 5.13. The molecule has 0 fully saturated rings. The van der Waals surface area contributed by atoms with Crippen molar-refractivity contribution in [3.8, 4) is 0 Å². The molecule has 4 N–H and O–H groups in total. The highest BCUT2D eigenvalue weighted by Crippen LogP contribution is 2.22. The molecule has 0 radical (unpaired) electrons. The van der Waals surface area contributed by atoms with Crippen LogP contribution >= 0.6 is 0 Å². The molecule has 0 aliphatic rings. The minimum absolute atomic E-state index is 0.129. The number of benzene rings is 2. The normalized spacial score (nSPS) is 12.4. The highest BCUT2D eigenvalue weighted by molar-refractivity contribution is 6.11. The standard InChI is InChI=1S/C15H17N3O2/c1-15(2,13(16)18-20)14(19)17-12-8-7-10-5-3-4-6-11(10)9-12/h3-9,20H,1-2H3,(H2,16,18)(H,17,19). The topological polar surface area (TPSA) is 87.7 Å². The summed E-state index contributed by atoms with van der Waals surface area (Å²) >= 11 is 0. The van der Waals surface area contributed by atoms with E-state index in [1.165, 1.54) is 0 Å². The van der Waals surface area contributed by atoms with Gasteiger partial charge in [0, 0.05) is 5.69 Å². The summed E-state index contributed by atoms with van der Waals surface area (Å²) in [6.45, 7) is 3.19. The Morgan fingerprint density at radius 1 is 1.20 bits per heavy atom. The highest BCUT2D eigenvalue weighted by Gasteiger charge is 2.32. The number of hydrogen-bond donors (Lipinski definition) is 3. The lowest BCUT2D eigenvalue weighted by Gasteiger charge is -2.21. The molecule has 0 saturated heterocycles. The lowest BCUT2D eigenvalue weighted by molar-refractivity contribution is -0.121. The van der Waals surface area contributed by atoms with E-state index in [-0.39, 0.29) is 11.7 Å². The van der Waals surface area contributed by atoms with Gasteiger partial charge in [0.1, 0.15) is 5.41 Å². The fourth-order valence-electron chi connectivity index (χ4n) is 1.80. The molecule has 20 heavy (non-hydrogen) atoms. The summed E-state index contributed by atoms with van der Waals surface area (Å²) in [6.07, 6.45) is 0. The minimum atomic E-state index is -1.08. The van der Waals surface area contributed by atoms with Gasteiger partial charge in [-0.3, -0.25) is 4.79 Å². The van der Waals surface area contributed by atoms with Crippen LogP contribution in [0.25, 0.3) is 10.8 Å². The van der Waals surface area contributed by atoms with Gasteiger partial charge in [0.15, 0.2) is 5.84 Å². The van der Waals surface area contributed by atoms with Gasteiger partial charge in [-0.25, -0.2) is 0 Å². The smallest absolute Gasteiger partial charge is 0.237 e. The number of rotatable bonds is 3. The van der Waals surface area contributed by atoms with Crippen LogP contribution < -0.4 is 11.1 Å². The summed E-state index contributed by atoms with van der Waals surface area (Å²) < 4.78 is 0. The van der Waals surface area contributed by atoms with Crippen LogP contribution in [0.2, 0.25) is 0 Å². The van der Waals surface area contributed by atoms with Crippen molar-refractivity contribution in [3.63, 3.8) is 0 Å². The van der Waals surface area contributed by atoms with E-state index in [0.717, 1.165) is 10.8 Å². The number of hydrogen-bond acceptors (Lipinski definition) is 3. The monoisotopic (exact) mass is 271 g/mol. The number of amides is 1. The molecule has 0 spiro atoms. The third-order valence-corrected chi connectivity index (χ3v) is 3.32. The molecule has 1 amide bonds. The van der Waals surface area contributed by atoms with Crippen molar-refractivity contribution in [1.82, 2.24) is 0 Å². The number of nitrogens with one attached hydrogen (secondary N) is 1. The number of nitrogens with two attached hydrogens (primary N) is 1. The summed E-state index contributed by atoms with van der Waals surface area (Å²) in [6, 6.07) is 13.5. The van der Waals surface area contributed by atoms with Gasteiger partial charge in [-0.1, -0.05) is 35.5 Å². The van der Waals surface area contributed by atoms with Crippen LogP contribution in [-0.4, -0.2) is 17.0 Å². The van der Waals surface area contributed by atoms with Crippen molar-refractivity contribution >= 4 is 28.2 Å². The van der Waals surface area contributed by atoms with Crippen LogP contribution in [0.4, 0.5) is 5.69 Å². The van der Waals surface area contributed by atoms with Crippen molar-refractivity contribution in [2.24, 2.45) is 16.3 Å². The SMILES string of the molecule is CC(C)(C(=O)Nc1ccc2ccccc2c1)C(N)=NO. The summed E-state index contributed by atoms with van der Waals surface area (Å²) in [4.78, 5) is 12.2. The molecule has 2 aromatic rings.